The molecule has 2 rings (SSSR count). The van der Waals surface area contributed by atoms with E-state index in [2.05, 4.69) is 64.7 Å². The van der Waals surface area contributed by atoms with E-state index >= 15 is 0 Å². The lowest BCUT2D eigenvalue weighted by Crippen LogP contribution is -2.45. The summed E-state index contributed by atoms with van der Waals surface area (Å²) in [6.45, 7) is 13.8. The fourth-order valence-corrected chi connectivity index (χ4v) is 4.48. The van der Waals surface area contributed by atoms with Gasteiger partial charge in [0.2, 0.25) is 0 Å². The molecule has 0 bridgehead atoms. The van der Waals surface area contributed by atoms with E-state index in [0.29, 0.717) is 6.61 Å². The van der Waals surface area contributed by atoms with Gasteiger partial charge in [0.05, 0.1) is 5.60 Å². The Morgan fingerprint density at radius 3 is 2.41 bits per heavy atom. The number of allylic oxidation sites excluding steroid dienone is 1. The van der Waals surface area contributed by atoms with Crippen LogP contribution in [0.5, 0.6) is 5.75 Å². The summed E-state index contributed by atoms with van der Waals surface area (Å²) in [6.07, 6.45) is 5.63. The number of aryl methyl sites for hydroxylation is 1. The molecule has 0 heterocycles. The summed E-state index contributed by atoms with van der Waals surface area (Å²) >= 11 is 0. The number of ether oxygens (including phenoxy) is 1. The van der Waals surface area contributed by atoms with Crippen molar-refractivity contribution in [2.45, 2.75) is 65.3 Å². The Balaban J connectivity index is 2.23. The number of hydrogen-bond donors (Lipinski definition) is 0. The SMILES string of the molecule is CC(C)=CCOc1ccc(C)c(C2(O[Si](C)(C)C)CCC2)c1. The first kappa shape index (κ1) is 17.3. The minimum absolute atomic E-state index is 0.0650. The maximum absolute atomic E-state index is 6.60. The molecule has 1 aliphatic rings. The molecular weight excluding hydrogens is 288 g/mol. The third-order valence-corrected chi connectivity index (χ3v) is 5.11. The number of benzene rings is 1. The second kappa shape index (κ2) is 6.59. The predicted molar refractivity (Wildman–Crippen MR) is 96.1 cm³/mol. The zero-order valence-corrected chi connectivity index (χ0v) is 16.0. The van der Waals surface area contributed by atoms with Crippen molar-refractivity contribution in [3.63, 3.8) is 0 Å². The van der Waals surface area contributed by atoms with Crippen LogP contribution in [-0.2, 0) is 10.0 Å². The van der Waals surface area contributed by atoms with Gasteiger partial charge in [0, 0.05) is 0 Å². The van der Waals surface area contributed by atoms with Gasteiger partial charge in [-0.15, -0.1) is 0 Å². The first-order chi connectivity index (χ1) is 10.2. The Hall–Kier alpha value is -1.06. The quantitative estimate of drug-likeness (QED) is 0.504. The van der Waals surface area contributed by atoms with E-state index < -0.39 is 8.32 Å². The van der Waals surface area contributed by atoms with Crippen molar-refractivity contribution in [2.24, 2.45) is 0 Å². The Labute approximate surface area is 136 Å². The van der Waals surface area contributed by atoms with Gasteiger partial charge in [0.1, 0.15) is 12.4 Å². The van der Waals surface area contributed by atoms with Crippen molar-refractivity contribution >= 4 is 8.32 Å². The molecule has 1 fully saturated rings. The first-order valence-corrected chi connectivity index (χ1v) is 11.7. The molecule has 0 unspecified atom stereocenters. The highest BCUT2D eigenvalue weighted by Crippen LogP contribution is 2.48. The summed E-state index contributed by atoms with van der Waals surface area (Å²) in [5, 5.41) is 0. The maximum atomic E-state index is 6.60. The van der Waals surface area contributed by atoms with Crippen molar-refractivity contribution < 1.29 is 9.16 Å². The van der Waals surface area contributed by atoms with Crippen molar-refractivity contribution in [2.75, 3.05) is 6.61 Å². The highest BCUT2D eigenvalue weighted by atomic mass is 28.4. The van der Waals surface area contributed by atoms with Crippen LogP contribution in [0.2, 0.25) is 19.6 Å². The van der Waals surface area contributed by atoms with Crippen molar-refractivity contribution in [3.05, 3.63) is 41.0 Å². The molecule has 0 radical (unpaired) electrons. The smallest absolute Gasteiger partial charge is 0.184 e. The Morgan fingerprint density at radius 2 is 1.91 bits per heavy atom. The Kier molecular flexibility index (Phi) is 5.18. The van der Waals surface area contributed by atoms with Crippen molar-refractivity contribution in [1.82, 2.24) is 0 Å². The first-order valence-electron chi connectivity index (χ1n) is 8.29. The molecule has 0 spiro atoms. The molecule has 1 aliphatic carbocycles. The van der Waals surface area contributed by atoms with Gasteiger partial charge in [-0.3, -0.25) is 0 Å². The number of rotatable bonds is 6. The molecule has 0 aromatic heterocycles. The topological polar surface area (TPSA) is 18.5 Å². The van der Waals surface area contributed by atoms with E-state index in [-0.39, 0.29) is 5.60 Å². The van der Waals surface area contributed by atoms with Gasteiger partial charge in [0.15, 0.2) is 8.32 Å². The molecule has 22 heavy (non-hydrogen) atoms. The van der Waals surface area contributed by atoms with Gasteiger partial charge < -0.3 is 9.16 Å². The molecule has 2 nitrogen and oxygen atoms in total. The molecule has 3 heteroatoms. The number of hydrogen-bond acceptors (Lipinski definition) is 2. The Morgan fingerprint density at radius 1 is 1.23 bits per heavy atom. The summed E-state index contributed by atoms with van der Waals surface area (Å²) in [7, 11) is -1.58. The van der Waals surface area contributed by atoms with E-state index in [1.54, 1.807) is 0 Å². The summed E-state index contributed by atoms with van der Waals surface area (Å²) in [5.74, 6) is 0.948. The lowest BCUT2D eigenvalue weighted by Gasteiger charge is -2.47. The molecular formula is C19H30O2Si. The summed E-state index contributed by atoms with van der Waals surface area (Å²) in [4.78, 5) is 0. The van der Waals surface area contributed by atoms with Crippen LogP contribution in [0.25, 0.3) is 0 Å². The van der Waals surface area contributed by atoms with Crippen molar-refractivity contribution in [1.29, 1.82) is 0 Å². The lowest BCUT2D eigenvalue weighted by atomic mass is 9.73. The third-order valence-electron chi connectivity index (χ3n) is 4.10. The summed E-state index contributed by atoms with van der Waals surface area (Å²) in [6, 6.07) is 6.44. The highest BCUT2D eigenvalue weighted by molar-refractivity contribution is 6.69. The minimum Gasteiger partial charge on any atom is -0.490 e. The fraction of sp³-hybridized carbons (Fsp3) is 0.579. The van der Waals surface area contributed by atoms with Gasteiger partial charge in [-0.25, -0.2) is 0 Å². The monoisotopic (exact) mass is 318 g/mol. The second-order valence-electron chi connectivity index (χ2n) is 7.63. The van der Waals surface area contributed by atoms with Crippen LogP contribution in [0.15, 0.2) is 29.8 Å². The average Bonchev–Trinajstić information content (AvgIpc) is 2.35. The van der Waals surface area contributed by atoms with Gasteiger partial charge in [-0.1, -0.05) is 11.6 Å². The van der Waals surface area contributed by atoms with Crippen molar-refractivity contribution in [3.8, 4) is 5.75 Å². The van der Waals surface area contributed by atoms with E-state index in [9.17, 15) is 0 Å². The second-order valence-corrected chi connectivity index (χ2v) is 12.1. The van der Waals surface area contributed by atoms with Crippen LogP contribution in [0.3, 0.4) is 0 Å². The molecule has 122 valence electrons. The lowest BCUT2D eigenvalue weighted by molar-refractivity contribution is -0.0206. The van der Waals surface area contributed by atoms with E-state index in [1.807, 2.05) is 0 Å². The van der Waals surface area contributed by atoms with E-state index in [0.717, 1.165) is 18.6 Å². The molecule has 0 aliphatic heterocycles. The molecule has 1 aromatic rings. The third kappa shape index (κ3) is 4.23. The largest absolute Gasteiger partial charge is 0.490 e. The molecule has 0 N–H and O–H groups in total. The molecule has 1 saturated carbocycles. The summed E-state index contributed by atoms with van der Waals surface area (Å²) < 4.78 is 12.5. The maximum Gasteiger partial charge on any atom is 0.184 e. The normalized spacial score (nSPS) is 16.8. The fourth-order valence-electron chi connectivity index (χ4n) is 3.00. The summed E-state index contributed by atoms with van der Waals surface area (Å²) in [5.41, 5.74) is 3.86. The van der Waals surface area contributed by atoms with Crippen LogP contribution < -0.4 is 4.74 Å². The van der Waals surface area contributed by atoms with E-state index in [1.165, 1.54) is 23.1 Å². The van der Waals surface area contributed by atoms with Crippen LogP contribution in [-0.4, -0.2) is 14.9 Å². The standard InChI is InChI=1S/C19H30O2Si/c1-15(2)10-13-20-17-9-8-16(3)18(14-17)19(11-7-12-19)21-22(4,5)6/h8-10,14H,7,11-13H2,1-6H3. The van der Waals surface area contributed by atoms with E-state index in [4.69, 9.17) is 9.16 Å². The molecule has 0 atom stereocenters. The van der Waals surface area contributed by atoms with Gasteiger partial charge in [0.25, 0.3) is 0 Å². The predicted octanol–water partition coefficient (Wildman–Crippen LogP) is 5.57. The van der Waals surface area contributed by atoms with Gasteiger partial charge in [-0.05, 0) is 89.0 Å². The van der Waals surface area contributed by atoms with Crippen LogP contribution >= 0.6 is 0 Å². The van der Waals surface area contributed by atoms with Gasteiger partial charge in [-0.2, -0.15) is 0 Å². The zero-order chi connectivity index (χ0) is 16.4. The minimum atomic E-state index is -1.58. The van der Waals surface area contributed by atoms with Gasteiger partial charge >= 0.3 is 0 Å². The Bertz CT molecular complexity index is 547. The molecule has 0 saturated heterocycles. The zero-order valence-electron chi connectivity index (χ0n) is 15.0. The molecule has 1 aromatic carbocycles. The van der Waals surface area contributed by atoms with Crippen LogP contribution in [0, 0.1) is 6.92 Å². The average molecular weight is 319 g/mol. The highest BCUT2D eigenvalue weighted by Gasteiger charge is 2.43. The molecule has 0 amide bonds. The van der Waals surface area contributed by atoms with Crippen LogP contribution in [0.1, 0.15) is 44.2 Å². The van der Waals surface area contributed by atoms with Crippen LogP contribution in [0.4, 0.5) is 0 Å².